The van der Waals surface area contributed by atoms with E-state index >= 15 is 0 Å². The zero-order valence-electron chi connectivity index (χ0n) is 8.81. The molecule has 0 aliphatic heterocycles. The molecule has 1 N–H and O–H groups in total. The molecule has 0 saturated heterocycles. The predicted octanol–water partition coefficient (Wildman–Crippen LogP) is 2.73. The molecule has 0 radical (unpaired) electrons. The van der Waals surface area contributed by atoms with Gasteiger partial charge in [-0.1, -0.05) is 33.1 Å². The average molecular weight is 185 g/mol. The van der Waals surface area contributed by atoms with Crippen LogP contribution in [-0.2, 0) is 4.79 Å². The molecule has 0 aromatic heterocycles. The van der Waals surface area contributed by atoms with Crippen LogP contribution in [-0.4, -0.2) is 11.9 Å². The summed E-state index contributed by atoms with van der Waals surface area (Å²) in [6.45, 7) is 4.17. The van der Waals surface area contributed by atoms with E-state index in [1.165, 1.54) is 32.1 Å². The summed E-state index contributed by atoms with van der Waals surface area (Å²) in [5.74, 6) is 0.713. The lowest BCUT2D eigenvalue weighted by Gasteiger charge is -2.23. The fourth-order valence-electron chi connectivity index (χ4n) is 1.90. The number of hydrogen-bond donors (Lipinski definition) is 1. The molecule has 1 rings (SSSR count). The van der Waals surface area contributed by atoms with Gasteiger partial charge in [-0.05, 0) is 18.8 Å². The summed E-state index contributed by atoms with van der Waals surface area (Å²) in [6.07, 6.45) is 6.96. The van der Waals surface area contributed by atoms with Crippen molar-refractivity contribution in [1.29, 1.82) is 0 Å². The van der Waals surface area contributed by atoms with Gasteiger partial charge in [0.1, 0.15) is 0 Å². The van der Waals surface area contributed by atoms with Crippen molar-refractivity contribution in [1.82, 2.24) is 5.32 Å². The highest BCUT2D eigenvalue weighted by Gasteiger charge is 2.15. The largest absolute Gasteiger partial charge is 0.353 e. The Morgan fingerprint density at radius 1 is 1.38 bits per heavy atom. The van der Waals surface area contributed by atoms with Gasteiger partial charge in [0.05, 0.1) is 0 Å². The van der Waals surface area contributed by atoms with Gasteiger partial charge in [-0.15, -0.1) is 0 Å². The maximum absolute atomic E-state index is 11.4. The summed E-state index contributed by atoms with van der Waals surface area (Å²) in [6, 6.07) is 0.472. The molecule has 1 amide bonds. The highest BCUT2D eigenvalue weighted by Crippen LogP contribution is 2.17. The Morgan fingerprint density at radius 2 is 2.00 bits per heavy atom. The lowest BCUT2D eigenvalue weighted by Crippen LogP contribution is -2.36. The van der Waals surface area contributed by atoms with Crippen LogP contribution < -0.4 is 5.32 Å². The van der Waals surface area contributed by atoms with Crippen LogP contribution in [0.25, 0.3) is 0 Å². The van der Waals surface area contributed by atoms with Gasteiger partial charge < -0.3 is 5.32 Å². The minimum absolute atomic E-state index is 0. The van der Waals surface area contributed by atoms with Gasteiger partial charge in [-0.2, -0.15) is 0 Å². The van der Waals surface area contributed by atoms with Crippen molar-refractivity contribution in [2.75, 3.05) is 0 Å². The molecule has 78 valence electrons. The van der Waals surface area contributed by atoms with E-state index in [0.717, 1.165) is 0 Å². The van der Waals surface area contributed by atoms with Gasteiger partial charge in [0, 0.05) is 13.9 Å². The molecule has 1 aliphatic rings. The Hall–Kier alpha value is -0.530. The van der Waals surface area contributed by atoms with Crippen molar-refractivity contribution in [2.24, 2.45) is 5.92 Å². The maximum atomic E-state index is 11.4. The molecule has 13 heavy (non-hydrogen) atoms. The Kier molecular flexibility index (Phi) is 4.26. The van der Waals surface area contributed by atoms with E-state index in [1.54, 1.807) is 0 Å². The van der Waals surface area contributed by atoms with Crippen molar-refractivity contribution in [3.63, 3.8) is 0 Å². The van der Waals surface area contributed by atoms with E-state index in [9.17, 15) is 4.79 Å². The highest BCUT2D eigenvalue weighted by molar-refractivity contribution is 5.76. The summed E-state index contributed by atoms with van der Waals surface area (Å²) >= 11 is 0. The van der Waals surface area contributed by atoms with Gasteiger partial charge in [0.15, 0.2) is 0 Å². The second-order valence-electron chi connectivity index (χ2n) is 4.50. The number of amides is 1. The highest BCUT2D eigenvalue weighted by atomic mass is 16.1. The van der Waals surface area contributed by atoms with Crippen molar-refractivity contribution >= 4 is 5.91 Å². The quantitative estimate of drug-likeness (QED) is 0.719. The van der Waals surface area contributed by atoms with E-state index in [1.807, 2.05) is 0 Å². The average Bonchev–Trinajstić information content (AvgIpc) is 2.04. The number of carbonyl (C=O) groups is 1. The van der Waals surface area contributed by atoms with Gasteiger partial charge in [-0.25, -0.2) is 0 Å². The van der Waals surface area contributed by atoms with Crippen LogP contribution in [0.4, 0.5) is 0 Å². The van der Waals surface area contributed by atoms with E-state index in [0.29, 0.717) is 18.4 Å². The van der Waals surface area contributed by atoms with Crippen molar-refractivity contribution in [3.05, 3.63) is 0 Å². The van der Waals surface area contributed by atoms with Gasteiger partial charge in [0.25, 0.3) is 0 Å². The lowest BCUT2D eigenvalue weighted by atomic mass is 9.95. The zero-order valence-corrected chi connectivity index (χ0v) is 8.81. The van der Waals surface area contributed by atoms with E-state index in [2.05, 4.69) is 19.2 Å². The van der Waals surface area contributed by atoms with Crippen LogP contribution in [0, 0.1) is 5.92 Å². The first-order chi connectivity index (χ1) is 6.18. The maximum Gasteiger partial charge on any atom is 0.220 e. The van der Waals surface area contributed by atoms with Crippen LogP contribution in [0.15, 0.2) is 0 Å². The molecular weight excluding hydrogens is 162 g/mol. The monoisotopic (exact) mass is 185 g/mol. The minimum atomic E-state index is 0. The second-order valence-corrected chi connectivity index (χ2v) is 4.50. The molecule has 0 bridgehead atoms. The summed E-state index contributed by atoms with van der Waals surface area (Å²) in [4.78, 5) is 11.4. The molecule has 1 saturated carbocycles. The SMILES string of the molecule is CC(C)CC(=O)NC1CCCCC1.[HH]. The molecule has 0 heterocycles. The van der Waals surface area contributed by atoms with Gasteiger partial charge in [-0.3, -0.25) is 4.79 Å². The molecular formula is C11H23NO. The Labute approximate surface area is 82.6 Å². The summed E-state index contributed by atoms with van der Waals surface area (Å²) in [5, 5.41) is 3.11. The van der Waals surface area contributed by atoms with Crippen LogP contribution in [0.1, 0.15) is 53.8 Å². The lowest BCUT2D eigenvalue weighted by molar-refractivity contribution is -0.122. The summed E-state index contributed by atoms with van der Waals surface area (Å²) in [7, 11) is 0. The normalized spacial score (nSPS) is 19.0. The third-order valence-corrected chi connectivity index (χ3v) is 2.56. The first-order valence-corrected chi connectivity index (χ1v) is 5.48. The van der Waals surface area contributed by atoms with E-state index in [4.69, 9.17) is 0 Å². The fourth-order valence-corrected chi connectivity index (χ4v) is 1.90. The van der Waals surface area contributed by atoms with Crippen LogP contribution in [0.2, 0.25) is 0 Å². The molecule has 2 heteroatoms. The molecule has 2 nitrogen and oxygen atoms in total. The number of rotatable bonds is 3. The van der Waals surface area contributed by atoms with Crippen molar-refractivity contribution in [3.8, 4) is 0 Å². The Morgan fingerprint density at radius 3 is 2.54 bits per heavy atom. The Balaban J connectivity index is 0.00000169. The molecule has 0 atom stereocenters. The van der Waals surface area contributed by atoms with E-state index in [-0.39, 0.29) is 7.33 Å². The first-order valence-electron chi connectivity index (χ1n) is 5.48. The van der Waals surface area contributed by atoms with Gasteiger partial charge >= 0.3 is 0 Å². The molecule has 1 aliphatic carbocycles. The van der Waals surface area contributed by atoms with Crippen molar-refractivity contribution < 1.29 is 6.22 Å². The zero-order chi connectivity index (χ0) is 9.68. The fraction of sp³-hybridized carbons (Fsp3) is 0.909. The van der Waals surface area contributed by atoms with Crippen LogP contribution in [0.5, 0.6) is 0 Å². The number of carbonyl (C=O) groups excluding carboxylic acids is 1. The summed E-state index contributed by atoms with van der Waals surface area (Å²) < 4.78 is 0. The summed E-state index contributed by atoms with van der Waals surface area (Å²) in [5.41, 5.74) is 0. The number of hydrogen-bond acceptors (Lipinski definition) is 1. The molecule has 0 unspecified atom stereocenters. The predicted molar refractivity (Wildman–Crippen MR) is 56.6 cm³/mol. The third kappa shape index (κ3) is 4.30. The molecule has 0 spiro atoms. The molecule has 0 aromatic carbocycles. The van der Waals surface area contributed by atoms with Crippen molar-refractivity contribution in [2.45, 2.75) is 58.4 Å². The second kappa shape index (κ2) is 5.25. The third-order valence-electron chi connectivity index (χ3n) is 2.56. The minimum Gasteiger partial charge on any atom is -0.353 e. The van der Waals surface area contributed by atoms with Crippen LogP contribution >= 0.6 is 0 Å². The number of nitrogens with one attached hydrogen (secondary N) is 1. The molecule has 0 aromatic rings. The van der Waals surface area contributed by atoms with E-state index < -0.39 is 0 Å². The Bertz CT molecular complexity index is 165. The van der Waals surface area contributed by atoms with Crippen LogP contribution in [0.3, 0.4) is 0 Å². The standard InChI is InChI=1S/C11H21NO.H2/c1-9(2)8-11(13)12-10-6-4-3-5-7-10;/h9-10H,3-8H2,1-2H3,(H,12,13);1H. The topological polar surface area (TPSA) is 29.1 Å². The smallest absolute Gasteiger partial charge is 0.220 e. The van der Waals surface area contributed by atoms with Gasteiger partial charge in [0.2, 0.25) is 5.91 Å². The molecule has 1 fully saturated rings. The first kappa shape index (κ1) is 10.6.